The van der Waals surface area contributed by atoms with Gasteiger partial charge in [-0.15, -0.1) is 0 Å². The molecule has 1 aromatic heterocycles. The van der Waals surface area contributed by atoms with Crippen molar-refractivity contribution in [2.24, 2.45) is 0 Å². The van der Waals surface area contributed by atoms with Crippen molar-refractivity contribution in [2.45, 2.75) is 26.8 Å². The molecule has 0 fully saturated rings. The number of benzene rings is 2. The first-order valence-corrected chi connectivity index (χ1v) is 7.29. The largest absolute Gasteiger partial charge is 0.331 e. The first kappa shape index (κ1) is 13.1. The van der Waals surface area contributed by atoms with Crippen molar-refractivity contribution in [3.63, 3.8) is 0 Å². The van der Waals surface area contributed by atoms with Gasteiger partial charge in [-0.25, -0.2) is 0 Å². The minimum atomic E-state index is 0.804. The lowest BCUT2D eigenvalue weighted by atomic mass is 10.1. The summed E-state index contributed by atoms with van der Waals surface area (Å²) in [4.78, 5) is 3.28. The summed E-state index contributed by atoms with van der Waals surface area (Å²) >= 11 is 5.44. The fraction of sp³-hybridized carbons (Fsp3) is 0.235. The van der Waals surface area contributed by atoms with Crippen LogP contribution in [0.15, 0.2) is 42.5 Å². The fourth-order valence-electron chi connectivity index (χ4n) is 2.59. The minimum absolute atomic E-state index is 0.804. The van der Waals surface area contributed by atoms with E-state index >= 15 is 0 Å². The Labute approximate surface area is 124 Å². The molecule has 0 aliphatic heterocycles. The van der Waals surface area contributed by atoms with E-state index in [1.807, 2.05) is 0 Å². The third-order valence-corrected chi connectivity index (χ3v) is 3.96. The van der Waals surface area contributed by atoms with Crippen LogP contribution in [0.3, 0.4) is 0 Å². The van der Waals surface area contributed by atoms with Gasteiger partial charge in [-0.1, -0.05) is 35.9 Å². The molecule has 20 heavy (non-hydrogen) atoms. The van der Waals surface area contributed by atoms with Crippen LogP contribution in [-0.4, -0.2) is 9.55 Å². The van der Waals surface area contributed by atoms with E-state index in [9.17, 15) is 0 Å². The van der Waals surface area contributed by atoms with Gasteiger partial charge in [0.25, 0.3) is 0 Å². The normalized spacial score (nSPS) is 11.1. The summed E-state index contributed by atoms with van der Waals surface area (Å²) in [5.74, 6) is 0. The lowest BCUT2D eigenvalue weighted by Crippen LogP contribution is -2.01. The Bertz CT molecular complexity index is 811. The fourth-order valence-corrected chi connectivity index (χ4v) is 2.89. The van der Waals surface area contributed by atoms with E-state index in [0.717, 1.165) is 23.3 Å². The van der Waals surface area contributed by atoms with Gasteiger partial charge in [0.15, 0.2) is 4.77 Å². The van der Waals surface area contributed by atoms with Crippen LogP contribution < -0.4 is 0 Å². The second-order valence-corrected chi connectivity index (χ2v) is 5.73. The molecular weight excluding hydrogens is 264 g/mol. The van der Waals surface area contributed by atoms with E-state index in [2.05, 4.69) is 65.9 Å². The topological polar surface area (TPSA) is 20.7 Å². The van der Waals surface area contributed by atoms with E-state index in [0.29, 0.717) is 0 Å². The van der Waals surface area contributed by atoms with Gasteiger partial charge in [0.1, 0.15) is 0 Å². The second-order valence-electron chi connectivity index (χ2n) is 5.34. The van der Waals surface area contributed by atoms with Crippen molar-refractivity contribution in [2.75, 3.05) is 0 Å². The standard InChI is InChI=1S/C17H18N2S/c1-12-4-3-5-14(10-12)8-9-19-16-11-13(2)6-7-15(16)18-17(19)20/h3-7,10-11H,8-9H2,1-2H3,(H,18,20). The first-order chi connectivity index (χ1) is 9.63. The minimum Gasteiger partial charge on any atom is -0.331 e. The highest BCUT2D eigenvalue weighted by Crippen LogP contribution is 2.17. The maximum absolute atomic E-state index is 5.44. The molecule has 3 rings (SSSR count). The Hall–Kier alpha value is -1.87. The molecule has 3 aromatic rings. The lowest BCUT2D eigenvalue weighted by molar-refractivity contribution is 0.706. The molecule has 0 saturated carbocycles. The van der Waals surface area contributed by atoms with Crippen LogP contribution in [0.4, 0.5) is 0 Å². The van der Waals surface area contributed by atoms with Crippen molar-refractivity contribution in [3.05, 3.63) is 63.9 Å². The zero-order chi connectivity index (χ0) is 14.1. The van der Waals surface area contributed by atoms with Crippen LogP contribution >= 0.6 is 12.2 Å². The molecule has 1 N–H and O–H groups in total. The molecular formula is C17H18N2S. The number of hydrogen-bond donors (Lipinski definition) is 1. The molecule has 102 valence electrons. The number of imidazole rings is 1. The molecule has 0 aliphatic rings. The molecule has 0 aliphatic carbocycles. The first-order valence-electron chi connectivity index (χ1n) is 6.88. The van der Waals surface area contributed by atoms with Crippen LogP contribution in [0.2, 0.25) is 0 Å². The van der Waals surface area contributed by atoms with Gasteiger partial charge in [0.2, 0.25) is 0 Å². The second kappa shape index (κ2) is 5.25. The average molecular weight is 282 g/mol. The van der Waals surface area contributed by atoms with E-state index in [1.165, 1.54) is 22.2 Å². The molecule has 2 aromatic carbocycles. The van der Waals surface area contributed by atoms with Gasteiger partial charge in [0.05, 0.1) is 11.0 Å². The summed E-state index contributed by atoms with van der Waals surface area (Å²) in [5.41, 5.74) is 6.23. The number of H-pyrrole nitrogens is 1. The highest BCUT2D eigenvalue weighted by molar-refractivity contribution is 7.71. The third-order valence-electron chi connectivity index (χ3n) is 3.64. The van der Waals surface area contributed by atoms with Crippen LogP contribution in [0.1, 0.15) is 16.7 Å². The predicted octanol–water partition coefficient (Wildman–Crippen LogP) is 4.56. The zero-order valence-electron chi connectivity index (χ0n) is 11.8. The Morgan fingerprint density at radius 2 is 1.85 bits per heavy atom. The van der Waals surface area contributed by atoms with Crippen molar-refractivity contribution in [1.29, 1.82) is 0 Å². The van der Waals surface area contributed by atoms with E-state index in [-0.39, 0.29) is 0 Å². The Kier molecular flexibility index (Phi) is 3.45. The summed E-state index contributed by atoms with van der Waals surface area (Å²) < 4.78 is 3.00. The molecule has 0 radical (unpaired) electrons. The highest BCUT2D eigenvalue weighted by atomic mass is 32.1. The molecule has 0 atom stereocenters. The Morgan fingerprint density at radius 1 is 1.05 bits per heavy atom. The zero-order valence-corrected chi connectivity index (χ0v) is 12.6. The van der Waals surface area contributed by atoms with Gasteiger partial charge in [-0.3, -0.25) is 0 Å². The summed E-state index contributed by atoms with van der Waals surface area (Å²) in [5, 5.41) is 0. The molecule has 0 bridgehead atoms. The maximum Gasteiger partial charge on any atom is 0.178 e. The predicted molar refractivity (Wildman–Crippen MR) is 86.7 cm³/mol. The van der Waals surface area contributed by atoms with Gasteiger partial charge in [-0.05, 0) is 55.7 Å². The summed E-state index contributed by atoms with van der Waals surface area (Å²) in [6.07, 6.45) is 0.997. The van der Waals surface area contributed by atoms with Gasteiger partial charge in [0, 0.05) is 6.54 Å². The Morgan fingerprint density at radius 3 is 2.65 bits per heavy atom. The number of hydrogen-bond acceptors (Lipinski definition) is 1. The van der Waals surface area contributed by atoms with E-state index in [1.54, 1.807) is 0 Å². The SMILES string of the molecule is Cc1cccc(CCn2c(=S)[nH]c3ccc(C)cc32)c1. The summed E-state index contributed by atoms with van der Waals surface area (Å²) in [7, 11) is 0. The quantitative estimate of drug-likeness (QED) is 0.698. The molecule has 0 amide bonds. The number of aryl methyl sites for hydroxylation is 4. The van der Waals surface area contributed by atoms with Crippen molar-refractivity contribution in [1.82, 2.24) is 9.55 Å². The van der Waals surface area contributed by atoms with Crippen LogP contribution in [-0.2, 0) is 13.0 Å². The van der Waals surface area contributed by atoms with Crippen LogP contribution in [0.5, 0.6) is 0 Å². The summed E-state index contributed by atoms with van der Waals surface area (Å²) in [6.45, 7) is 5.15. The lowest BCUT2D eigenvalue weighted by Gasteiger charge is -2.06. The molecule has 2 nitrogen and oxygen atoms in total. The molecule has 0 saturated heterocycles. The number of aromatic amines is 1. The Balaban J connectivity index is 1.93. The monoisotopic (exact) mass is 282 g/mol. The highest BCUT2D eigenvalue weighted by Gasteiger charge is 2.04. The van der Waals surface area contributed by atoms with E-state index in [4.69, 9.17) is 12.2 Å². The van der Waals surface area contributed by atoms with Crippen molar-refractivity contribution < 1.29 is 0 Å². The van der Waals surface area contributed by atoms with Crippen LogP contribution in [0.25, 0.3) is 11.0 Å². The summed E-state index contributed by atoms with van der Waals surface area (Å²) in [6, 6.07) is 15.1. The molecule has 1 heterocycles. The van der Waals surface area contributed by atoms with Crippen LogP contribution in [0, 0.1) is 18.6 Å². The third kappa shape index (κ3) is 2.54. The number of nitrogens with zero attached hydrogens (tertiary/aromatic N) is 1. The molecule has 0 unspecified atom stereocenters. The molecule has 3 heteroatoms. The maximum atomic E-state index is 5.44. The van der Waals surface area contributed by atoms with Crippen molar-refractivity contribution >= 4 is 23.3 Å². The number of fused-ring (bicyclic) bond motifs is 1. The van der Waals surface area contributed by atoms with E-state index < -0.39 is 0 Å². The van der Waals surface area contributed by atoms with Gasteiger partial charge in [-0.2, -0.15) is 0 Å². The average Bonchev–Trinajstić information content (AvgIpc) is 2.72. The smallest absolute Gasteiger partial charge is 0.178 e. The molecule has 0 spiro atoms. The number of rotatable bonds is 3. The number of aromatic nitrogens is 2. The number of nitrogens with one attached hydrogen (secondary N) is 1. The van der Waals surface area contributed by atoms with Gasteiger partial charge >= 0.3 is 0 Å². The van der Waals surface area contributed by atoms with Crippen molar-refractivity contribution in [3.8, 4) is 0 Å². The van der Waals surface area contributed by atoms with Gasteiger partial charge < -0.3 is 9.55 Å².